The topological polar surface area (TPSA) is 20.2 Å². The molecule has 18 heavy (non-hydrogen) atoms. The third-order valence-corrected chi connectivity index (χ3v) is 9.19. The van der Waals surface area contributed by atoms with Gasteiger partial charge in [0.05, 0.1) is 0 Å². The van der Waals surface area contributed by atoms with E-state index in [-0.39, 0.29) is 0 Å². The molecule has 0 atom stereocenters. The molecule has 93 valence electrons. The fraction of sp³-hybridized carbons (Fsp3) is 0.250. The Morgan fingerprint density at radius 2 is 1.22 bits per heavy atom. The van der Waals surface area contributed by atoms with Crippen LogP contribution in [0.5, 0.6) is 0 Å². The van der Waals surface area contributed by atoms with Gasteiger partial charge in [-0.1, -0.05) is 0 Å². The second kappa shape index (κ2) is 7.39. The molecule has 0 aliphatic heterocycles. The Labute approximate surface area is 114 Å². The first kappa shape index (κ1) is 13.4. The number of aliphatic hydroxyl groups excluding tert-OH is 1. The van der Waals surface area contributed by atoms with Crippen molar-refractivity contribution in [1.29, 1.82) is 0 Å². The Bertz CT molecular complexity index is 402. The van der Waals surface area contributed by atoms with Crippen LogP contribution in [0.2, 0.25) is 5.25 Å². The molecule has 0 amide bonds. The zero-order valence-electron chi connectivity index (χ0n) is 10.5. The summed E-state index contributed by atoms with van der Waals surface area (Å²) in [6.07, 6.45) is 2.06. The number of unbranched alkanes of at least 4 members (excludes halogenated alkanes) is 1. The zero-order valence-corrected chi connectivity index (χ0v) is 12.6. The van der Waals surface area contributed by atoms with Crippen molar-refractivity contribution in [3.8, 4) is 0 Å². The molecular formula is C16H19GeO. The zero-order chi connectivity index (χ0) is 12.6. The van der Waals surface area contributed by atoms with E-state index < -0.39 is 14.3 Å². The quantitative estimate of drug-likeness (QED) is 0.639. The molecule has 0 saturated heterocycles. The van der Waals surface area contributed by atoms with Crippen LogP contribution >= 0.6 is 0 Å². The summed E-state index contributed by atoms with van der Waals surface area (Å²) < 4.78 is 3.06. The van der Waals surface area contributed by atoms with Crippen LogP contribution in [0.4, 0.5) is 0 Å². The van der Waals surface area contributed by atoms with Crippen LogP contribution in [0.15, 0.2) is 60.7 Å². The van der Waals surface area contributed by atoms with Crippen molar-refractivity contribution < 1.29 is 5.11 Å². The van der Waals surface area contributed by atoms with Crippen LogP contribution in [-0.4, -0.2) is 26.1 Å². The number of aliphatic hydroxyl groups is 1. The van der Waals surface area contributed by atoms with Crippen LogP contribution in [0.1, 0.15) is 12.8 Å². The van der Waals surface area contributed by atoms with Crippen molar-refractivity contribution in [2.75, 3.05) is 6.61 Å². The second-order valence-corrected chi connectivity index (χ2v) is 9.87. The van der Waals surface area contributed by atoms with E-state index >= 15 is 0 Å². The van der Waals surface area contributed by atoms with Crippen LogP contribution in [0.25, 0.3) is 0 Å². The number of hydrogen-bond donors (Lipinski definition) is 1. The van der Waals surface area contributed by atoms with Gasteiger partial charge in [0.25, 0.3) is 0 Å². The molecule has 0 aliphatic carbocycles. The van der Waals surface area contributed by atoms with Crippen LogP contribution in [-0.2, 0) is 0 Å². The molecule has 1 N–H and O–H groups in total. The van der Waals surface area contributed by atoms with E-state index in [4.69, 9.17) is 5.11 Å². The van der Waals surface area contributed by atoms with Gasteiger partial charge in [0.1, 0.15) is 0 Å². The van der Waals surface area contributed by atoms with E-state index in [1.807, 2.05) is 0 Å². The van der Waals surface area contributed by atoms with Gasteiger partial charge in [-0.25, -0.2) is 0 Å². The monoisotopic (exact) mass is 301 g/mol. The molecule has 1 radical (unpaired) electrons. The summed E-state index contributed by atoms with van der Waals surface area (Å²) in [5, 5.41) is 10.2. The third kappa shape index (κ3) is 3.72. The van der Waals surface area contributed by atoms with Gasteiger partial charge in [-0.15, -0.1) is 0 Å². The molecule has 0 spiro atoms. The molecule has 0 bridgehead atoms. The Balaban J connectivity index is 2.18. The van der Waals surface area contributed by atoms with Gasteiger partial charge in [0, 0.05) is 0 Å². The molecule has 0 unspecified atom stereocenters. The first-order valence-electron chi connectivity index (χ1n) is 6.49. The van der Waals surface area contributed by atoms with Gasteiger partial charge in [-0.2, -0.15) is 0 Å². The van der Waals surface area contributed by atoms with E-state index in [2.05, 4.69) is 60.7 Å². The minimum atomic E-state index is -1.40. The Morgan fingerprint density at radius 1 is 0.722 bits per heavy atom. The molecule has 2 rings (SSSR count). The average Bonchev–Trinajstić information content (AvgIpc) is 2.46. The van der Waals surface area contributed by atoms with Crippen LogP contribution in [0, 0.1) is 0 Å². The molecule has 0 heterocycles. The second-order valence-electron chi connectivity index (χ2n) is 4.39. The van der Waals surface area contributed by atoms with Crippen molar-refractivity contribution in [2.24, 2.45) is 0 Å². The minimum absolute atomic E-state index is 0.315. The molecule has 0 aromatic heterocycles. The van der Waals surface area contributed by atoms with Gasteiger partial charge < -0.3 is 0 Å². The Hall–Kier alpha value is -1.06. The molecule has 2 aromatic rings. The van der Waals surface area contributed by atoms with Crippen molar-refractivity contribution >= 4 is 23.1 Å². The maximum atomic E-state index is 8.94. The van der Waals surface area contributed by atoms with Crippen molar-refractivity contribution in [3.05, 3.63) is 60.7 Å². The van der Waals surface area contributed by atoms with E-state index in [0.717, 1.165) is 12.8 Å². The molecule has 2 heteroatoms. The van der Waals surface area contributed by atoms with Gasteiger partial charge in [-0.05, 0) is 0 Å². The molecular weight excluding hydrogens is 281 g/mol. The van der Waals surface area contributed by atoms with E-state index in [1.165, 1.54) is 14.0 Å². The van der Waals surface area contributed by atoms with Crippen molar-refractivity contribution in [3.63, 3.8) is 0 Å². The number of hydrogen-bond acceptors (Lipinski definition) is 1. The van der Waals surface area contributed by atoms with Gasteiger partial charge in [0.2, 0.25) is 0 Å². The number of benzene rings is 2. The van der Waals surface area contributed by atoms with E-state index in [0.29, 0.717) is 6.61 Å². The fourth-order valence-corrected chi connectivity index (χ4v) is 7.82. The van der Waals surface area contributed by atoms with Crippen molar-refractivity contribution in [1.82, 2.24) is 0 Å². The summed E-state index contributed by atoms with van der Waals surface area (Å²) >= 11 is -1.40. The van der Waals surface area contributed by atoms with Crippen LogP contribution < -0.4 is 8.79 Å². The molecule has 1 nitrogen and oxygen atoms in total. The number of rotatable bonds is 6. The molecule has 0 fully saturated rings. The van der Waals surface area contributed by atoms with Crippen molar-refractivity contribution in [2.45, 2.75) is 18.1 Å². The summed E-state index contributed by atoms with van der Waals surface area (Å²) in [4.78, 5) is 0. The maximum absolute atomic E-state index is 8.94. The Morgan fingerprint density at radius 3 is 1.67 bits per heavy atom. The summed E-state index contributed by atoms with van der Waals surface area (Å²) in [6.45, 7) is 0.315. The van der Waals surface area contributed by atoms with E-state index in [9.17, 15) is 0 Å². The molecule has 2 aromatic carbocycles. The SMILES string of the molecule is OCCC[CH2][Ge]([c]1ccccc1)[c]1ccccc1. The predicted molar refractivity (Wildman–Crippen MR) is 79.0 cm³/mol. The molecule has 0 saturated carbocycles. The van der Waals surface area contributed by atoms with Crippen LogP contribution in [0.3, 0.4) is 0 Å². The molecule has 0 aliphatic rings. The normalized spacial score (nSPS) is 10.8. The van der Waals surface area contributed by atoms with Gasteiger partial charge in [-0.3, -0.25) is 0 Å². The van der Waals surface area contributed by atoms with E-state index in [1.54, 1.807) is 0 Å². The Kier molecular flexibility index (Phi) is 5.49. The predicted octanol–water partition coefficient (Wildman–Crippen LogP) is 2.07. The first-order chi connectivity index (χ1) is 8.92. The fourth-order valence-electron chi connectivity index (χ4n) is 2.15. The third-order valence-electron chi connectivity index (χ3n) is 3.08. The average molecular weight is 300 g/mol. The summed E-state index contributed by atoms with van der Waals surface area (Å²) in [5.74, 6) is 0. The van der Waals surface area contributed by atoms with Gasteiger partial charge in [0.15, 0.2) is 0 Å². The summed E-state index contributed by atoms with van der Waals surface area (Å²) in [5.41, 5.74) is 0. The van der Waals surface area contributed by atoms with Gasteiger partial charge >= 0.3 is 114 Å². The standard InChI is InChI=1S/C16H19GeO/c18-14-8-7-13-17(15-9-3-1-4-10-15)16-11-5-2-6-12-16/h1-6,9-12,18H,7-8,13-14H2. The summed E-state index contributed by atoms with van der Waals surface area (Å²) in [7, 11) is 0. The first-order valence-corrected chi connectivity index (χ1v) is 10.1. The summed E-state index contributed by atoms with van der Waals surface area (Å²) in [6, 6.07) is 21.8.